The first kappa shape index (κ1) is 12.6. The third-order valence-corrected chi connectivity index (χ3v) is 2.81. The van der Waals surface area contributed by atoms with Crippen LogP contribution in [0.5, 0.6) is 0 Å². The van der Waals surface area contributed by atoms with Crippen molar-refractivity contribution in [3.05, 3.63) is 39.7 Å². The Morgan fingerprint density at radius 2 is 2.19 bits per heavy atom. The number of hydrogen-bond acceptors (Lipinski definition) is 3. The molecule has 0 aliphatic heterocycles. The van der Waals surface area contributed by atoms with E-state index in [0.717, 1.165) is 12.5 Å². The van der Waals surface area contributed by atoms with Crippen LogP contribution in [0.1, 0.15) is 31.9 Å². The number of nitro groups is 1. The minimum absolute atomic E-state index is 0.199. The van der Waals surface area contributed by atoms with Crippen LogP contribution in [-0.4, -0.2) is 4.92 Å². The van der Waals surface area contributed by atoms with E-state index in [1.807, 2.05) is 13.8 Å². The van der Waals surface area contributed by atoms with Crippen molar-refractivity contribution in [1.82, 2.24) is 0 Å². The third-order valence-electron chi connectivity index (χ3n) is 2.81. The second kappa shape index (κ2) is 5.03. The van der Waals surface area contributed by atoms with E-state index in [4.69, 9.17) is 5.73 Å². The van der Waals surface area contributed by atoms with Gasteiger partial charge in [0.15, 0.2) is 0 Å². The van der Waals surface area contributed by atoms with Crippen LogP contribution >= 0.6 is 0 Å². The van der Waals surface area contributed by atoms with Gasteiger partial charge >= 0.3 is 5.69 Å². The predicted molar refractivity (Wildman–Crippen MR) is 59.4 cm³/mol. The summed E-state index contributed by atoms with van der Waals surface area (Å²) < 4.78 is 13.1. The molecule has 0 radical (unpaired) electrons. The summed E-state index contributed by atoms with van der Waals surface area (Å²) in [6, 6.07) is 3.50. The van der Waals surface area contributed by atoms with Crippen LogP contribution in [0.25, 0.3) is 0 Å². The van der Waals surface area contributed by atoms with Crippen LogP contribution < -0.4 is 5.73 Å². The van der Waals surface area contributed by atoms with Crippen molar-refractivity contribution in [3.63, 3.8) is 0 Å². The van der Waals surface area contributed by atoms with Crippen LogP contribution in [0.15, 0.2) is 18.2 Å². The van der Waals surface area contributed by atoms with Gasteiger partial charge in [-0.15, -0.1) is 0 Å². The molecule has 0 aliphatic carbocycles. The van der Waals surface area contributed by atoms with Crippen LogP contribution in [0, 0.1) is 21.8 Å². The van der Waals surface area contributed by atoms with Gasteiger partial charge in [-0.2, -0.15) is 4.39 Å². The van der Waals surface area contributed by atoms with E-state index in [1.165, 1.54) is 12.1 Å². The highest BCUT2D eigenvalue weighted by atomic mass is 19.1. The van der Waals surface area contributed by atoms with Gasteiger partial charge in [-0.3, -0.25) is 10.1 Å². The second-order valence-electron chi connectivity index (χ2n) is 3.88. The maximum absolute atomic E-state index is 13.1. The number of benzene rings is 1. The minimum Gasteiger partial charge on any atom is -0.324 e. The summed E-state index contributed by atoms with van der Waals surface area (Å²) in [5.41, 5.74) is 6.01. The maximum Gasteiger partial charge on any atom is 0.305 e. The van der Waals surface area contributed by atoms with Gasteiger partial charge in [0, 0.05) is 12.1 Å². The lowest BCUT2D eigenvalue weighted by molar-refractivity contribution is -0.387. The number of halogens is 1. The van der Waals surface area contributed by atoms with Crippen molar-refractivity contribution in [3.8, 4) is 0 Å². The fourth-order valence-corrected chi connectivity index (χ4v) is 1.46. The van der Waals surface area contributed by atoms with Gasteiger partial charge in [-0.1, -0.05) is 26.3 Å². The average molecular weight is 226 g/mol. The highest BCUT2D eigenvalue weighted by Crippen LogP contribution is 2.26. The Labute approximate surface area is 93.4 Å². The Hall–Kier alpha value is -1.49. The quantitative estimate of drug-likeness (QED) is 0.634. The molecule has 0 heterocycles. The molecule has 16 heavy (non-hydrogen) atoms. The van der Waals surface area contributed by atoms with Crippen molar-refractivity contribution in [1.29, 1.82) is 0 Å². The van der Waals surface area contributed by atoms with Gasteiger partial charge in [0.25, 0.3) is 0 Å². The number of rotatable bonds is 4. The summed E-state index contributed by atoms with van der Waals surface area (Å²) >= 11 is 0. The molecule has 0 fully saturated rings. The summed E-state index contributed by atoms with van der Waals surface area (Å²) in [4.78, 5) is 9.83. The zero-order valence-electron chi connectivity index (χ0n) is 9.31. The molecule has 1 unspecified atom stereocenters. The lowest BCUT2D eigenvalue weighted by Gasteiger charge is -2.18. The molecule has 0 amide bonds. The van der Waals surface area contributed by atoms with E-state index < -0.39 is 16.4 Å². The van der Waals surface area contributed by atoms with Crippen LogP contribution in [0.3, 0.4) is 0 Å². The minimum atomic E-state index is -0.829. The number of nitrogens with two attached hydrogens (primary N) is 1. The Morgan fingerprint density at radius 1 is 1.56 bits per heavy atom. The zero-order valence-corrected chi connectivity index (χ0v) is 9.31. The van der Waals surface area contributed by atoms with Gasteiger partial charge in [0.05, 0.1) is 4.92 Å². The first-order chi connectivity index (χ1) is 7.47. The molecule has 0 saturated carbocycles. The molecule has 0 aromatic heterocycles. The Balaban J connectivity index is 3.07. The Bertz CT molecular complexity index is 396. The SMILES string of the molecule is CCC(C)[C@H](N)c1ccc(F)c([N+](=O)[O-])c1. The van der Waals surface area contributed by atoms with Gasteiger partial charge in [-0.05, 0) is 17.5 Å². The molecule has 1 aromatic rings. The molecule has 1 rings (SSSR count). The van der Waals surface area contributed by atoms with Crippen LogP contribution in [-0.2, 0) is 0 Å². The molecule has 4 nitrogen and oxygen atoms in total. The molecule has 0 bridgehead atoms. The average Bonchev–Trinajstić information content (AvgIpc) is 2.27. The molecular weight excluding hydrogens is 211 g/mol. The van der Waals surface area contributed by atoms with E-state index >= 15 is 0 Å². The van der Waals surface area contributed by atoms with Gasteiger partial charge < -0.3 is 5.73 Å². The van der Waals surface area contributed by atoms with E-state index in [1.54, 1.807) is 0 Å². The summed E-state index contributed by atoms with van der Waals surface area (Å²) in [6.07, 6.45) is 0.867. The normalized spacial score (nSPS) is 14.5. The van der Waals surface area contributed by atoms with Crippen molar-refractivity contribution in [2.75, 3.05) is 0 Å². The topological polar surface area (TPSA) is 69.2 Å². The first-order valence-corrected chi connectivity index (χ1v) is 5.16. The van der Waals surface area contributed by atoms with Gasteiger partial charge in [-0.25, -0.2) is 0 Å². The van der Waals surface area contributed by atoms with E-state index in [2.05, 4.69) is 0 Å². The van der Waals surface area contributed by atoms with Gasteiger partial charge in [0.2, 0.25) is 5.82 Å². The molecule has 2 atom stereocenters. The number of nitrogens with zero attached hydrogens (tertiary/aromatic N) is 1. The summed E-state index contributed by atoms with van der Waals surface area (Å²) in [5.74, 6) is -0.629. The standard InChI is InChI=1S/C11H15FN2O2/c1-3-7(2)11(13)8-4-5-9(12)10(6-8)14(15)16/h4-7,11H,3,13H2,1-2H3/t7?,11-/m0/s1. The Morgan fingerprint density at radius 3 is 2.69 bits per heavy atom. The number of hydrogen-bond donors (Lipinski definition) is 1. The first-order valence-electron chi connectivity index (χ1n) is 5.16. The predicted octanol–water partition coefficient (Wildman–Crippen LogP) is 2.78. The molecule has 1 aromatic carbocycles. The largest absolute Gasteiger partial charge is 0.324 e. The van der Waals surface area contributed by atoms with Crippen molar-refractivity contribution in [2.24, 2.45) is 11.7 Å². The molecule has 0 saturated heterocycles. The second-order valence-corrected chi connectivity index (χ2v) is 3.88. The molecule has 0 spiro atoms. The summed E-state index contributed by atoms with van der Waals surface area (Å²) in [5, 5.41) is 10.6. The summed E-state index contributed by atoms with van der Waals surface area (Å²) in [6.45, 7) is 3.95. The molecule has 88 valence electrons. The van der Waals surface area contributed by atoms with Crippen LogP contribution in [0.4, 0.5) is 10.1 Å². The van der Waals surface area contributed by atoms with Gasteiger partial charge in [0.1, 0.15) is 0 Å². The maximum atomic E-state index is 13.1. The monoisotopic (exact) mass is 226 g/mol. The molecule has 0 aliphatic rings. The highest BCUT2D eigenvalue weighted by molar-refractivity contribution is 5.37. The van der Waals surface area contributed by atoms with Crippen molar-refractivity contribution in [2.45, 2.75) is 26.3 Å². The van der Waals surface area contributed by atoms with Crippen LogP contribution in [0.2, 0.25) is 0 Å². The van der Waals surface area contributed by atoms with E-state index in [-0.39, 0.29) is 12.0 Å². The summed E-state index contributed by atoms with van der Waals surface area (Å²) in [7, 11) is 0. The lowest BCUT2D eigenvalue weighted by atomic mass is 9.93. The Kier molecular flexibility index (Phi) is 3.95. The fraction of sp³-hybridized carbons (Fsp3) is 0.455. The smallest absolute Gasteiger partial charge is 0.305 e. The number of nitro benzene ring substituents is 1. The highest BCUT2D eigenvalue weighted by Gasteiger charge is 2.19. The third kappa shape index (κ3) is 2.55. The lowest BCUT2D eigenvalue weighted by Crippen LogP contribution is -2.18. The van der Waals surface area contributed by atoms with E-state index in [0.29, 0.717) is 5.56 Å². The van der Waals surface area contributed by atoms with Crippen molar-refractivity contribution < 1.29 is 9.31 Å². The zero-order chi connectivity index (χ0) is 12.3. The molecule has 2 N–H and O–H groups in total. The molecular formula is C11H15FN2O2. The van der Waals surface area contributed by atoms with Crippen molar-refractivity contribution >= 4 is 5.69 Å². The van der Waals surface area contributed by atoms with E-state index in [9.17, 15) is 14.5 Å². The molecule has 5 heteroatoms. The fourth-order valence-electron chi connectivity index (χ4n) is 1.46.